The van der Waals surface area contributed by atoms with Crippen molar-refractivity contribution in [3.8, 4) is 0 Å². The van der Waals surface area contributed by atoms with Crippen LogP contribution in [-0.2, 0) is 6.42 Å². The largest absolute Gasteiger partial charge is 0.297 e. The third-order valence-corrected chi connectivity index (χ3v) is 3.09. The van der Waals surface area contributed by atoms with Crippen molar-refractivity contribution < 1.29 is 0 Å². The molecule has 0 atom stereocenters. The van der Waals surface area contributed by atoms with Gasteiger partial charge in [0.25, 0.3) is 0 Å². The van der Waals surface area contributed by atoms with Gasteiger partial charge in [0, 0.05) is 13.1 Å². The standard InChI is InChI=1S/C14H20N2/c1-2-13-6-8-14(9-7-13)12-15-16-10-4-3-5-11-16/h6-9,12H,2-5,10-11H2,1H3/b15-12+. The quantitative estimate of drug-likeness (QED) is 0.709. The van der Waals surface area contributed by atoms with E-state index in [-0.39, 0.29) is 0 Å². The first-order valence-corrected chi connectivity index (χ1v) is 6.26. The van der Waals surface area contributed by atoms with Crippen LogP contribution in [0, 0.1) is 0 Å². The molecule has 0 bridgehead atoms. The Kier molecular flexibility index (Phi) is 3.97. The third-order valence-electron chi connectivity index (χ3n) is 3.09. The van der Waals surface area contributed by atoms with E-state index in [1.54, 1.807) is 0 Å². The van der Waals surface area contributed by atoms with Crippen LogP contribution in [0.25, 0.3) is 0 Å². The summed E-state index contributed by atoms with van der Waals surface area (Å²) in [5.41, 5.74) is 2.58. The van der Waals surface area contributed by atoms with Crippen LogP contribution in [0.2, 0.25) is 0 Å². The van der Waals surface area contributed by atoms with Gasteiger partial charge in [0.1, 0.15) is 0 Å². The number of hydrogen-bond donors (Lipinski definition) is 0. The highest BCUT2D eigenvalue weighted by molar-refractivity contribution is 5.79. The van der Waals surface area contributed by atoms with E-state index in [4.69, 9.17) is 0 Å². The summed E-state index contributed by atoms with van der Waals surface area (Å²) in [6.45, 7) is 4.41. The maximum Gasteiger partial charge on any atom is 0.0542 e. The van der Waals surface area contributed by atoms with E-state index < -0.39 is 0 Å². The van der Waals surface area contributed by atoms with Crippen molar-refractivity contribution in [3.63, 3.8) is 0 Å². The van der Waals surface area contributed by atoms with Crippen LogP contribution in [0.1, 0.15) is 37.3 Å². The second kappa shape index (κ2) is 5.69. The Labute approximate surface area is 98.0 Å². The number of piperidine rings is 1. The molecule has 1 saturated heterocycles. The summed E-state index contributed by atoms with van der Waals surface area (Å²) in [5, 5.41) is 6.70. The van der Waals surface area contributed by atoms with Gasteiger partial charge in [0.05, 0.1) is 6.21 Å². The number of hydrazone groups is 1. The molecule has 2 rings (SSSR count). The fraction of sp³-hybridized carbons (Fsp3) is 0.500. The zero-order valence-electron chi connectivity index (χ0n) is 10.0. The molecule has 16 heavy (non-hydrogen) atoms. The fourth-order valence-electron chi connectivity index (χ4n) is 1.98. The first-order chi connectivity index (χ1) is 7.88. The van der Waals surface area contributed by atoms with Gasteiger partial charge >= 0.3 is 0 Å². The fourth-order valence-corrected chi connectivity index (χ4v) is 1.98. The van der Waals surface area contributed by atoms with Gasteiger partial charge in [-0.2, -0.15) is 5.10 Å². The van der Waals surface area contributed by atoms with E-state index in [0.29, 0.717) is 0 Å². The average Bonchev–Trinajstić information content (AvgIpc) is 2.38. The van der Waals surface area contributed by atoms with Crippen LogP contribution in [0.3, 0.4) is 0 Å². The first-order valence-electron chi connectivity index (χ1n) is 6.26. The highest BCUT2D eigenvalue weighted by Crippen LogP contribution is 2.09. The number of rotatable bonds is 3. The molecule has 2 heteroatoms. The van der Waals surface area contributed by atoms with Gasteiger partial charge < -0.3 is 0 Å². The van der Waals surface area contributed by atoms with E-state index in [9.17, 15) is 0 Å². The first kappa shape index (κ1) is 11.2. The number of benzene rings is 1. The molecule has 0 aliphatic carbocycles. The van der Waals surface area contributed by atoms with Crippen LogP contribution in [0.15, 0.2) is 29.4 Å². The summed E-state index contributed by atoms with van der Waals surface area (Å²) < 4.78 is 0. The SMILES string of the molecule is CCc1ccc(/C=N/N2CCCCC2)cc1. The molecule has 0 aromatic heterocycles. The summed E-state index contributed by atoms with van der Waals surface area (Å²) in [7, 11) is 0. The zero-order chi connectivity index (χ0) is 11.2. The normalized spacial score (nSPS) is 16.9. The van der Waals surface area contributed by atoms with Crippen LogP contribution in [0.5, 0.6) is 0 Å². The second-order valence-corrected chi connectivity index (χ2v) is 4.35. The van der Waals surface area contributed by atoms with Crippen LogP contribution >= 0.6 is 0 Å². The van der Waals surface area contributed by atoms with E-state index in [2.05, 4.69) is 41.3 Å². The molecule has 1 aromatic carbocycles. The van der Waals surface area contributed by atoms with Crippen molar-refractivity contribution in [1.82, 2.24) is 5.01 Å². The second-order valence-electron chi connectivity index (χ2n) is 4.35. The van der Waals surface area contributed by atoms with Gasteiger partial charge in [-0.3, -0.25) is 5.01 Å². The van der Waals surface area contributed by atoms with Crippen LogP contribution < -0.4 is 0 Å². The van der Waals surface area contributed by atoms with Crippen LogP contribution in [0.4, 0.5) is 0 Å². The molecule has 1 aromatic rings. The van der Waals surface area contributed by atoms with Crippen molar-refractivity contribution in [1.29, 1.82) is 0 Å². The van der Waals surface area contributed by atoms with Crippen molar-refractivity contribution >= 4 is 6.21 Å². The lowest BCUT2D eigenvalue weighted by atomic mass is 10.1. The lowest BCUT2D eigenvalue weighted by Crippen LogP contribution is -2.24. The van der Waals surface area contributed by atoms with E-state index in [0.717, 1.165) is 19.5 Å². The molecule has 0 N–H and O–H groups in total. The monoisotopic (exact) mass is 216 g/mol. The minimum Gasteiger partial charge on any atom is -0.297 e. The zero-order valence-corrected chi connectivity index (χ0v) is 10.0. The molecule has 0 amide bonds. The van der Waals surface area contributed by atoms with Gasteiger partial charge in [-0.1, -0.05) is 31.2 Å². The Balaban J connectivity index is 1.94. The Morgan fingerprint density at radius 2 is 1.81 bits per heavy atom. The maximum atomic E-state index is 4.52. The summed E-state index contributed by atoms with van der Waals surface area (Å²) in [4.78, 5) is 0. The predicted octanol–water partition coefficient (Wildman–Crippen LogP) is 3.07. The Morgan fingerprint density at radius 1 is 1.12 bits per heavy atom. The highest BCUT2D eigenvalue weighted by Gasteiger charge is 2.05. The van der Waals surface area contributed by atoms with Gasteiger partial charge in [-0.25, -0.2) is 0 Å². The molecule has 1 aliphatic rings. The molecule has 0 saturated carbocycles. The number of hydrogen-bond acceptors (Lipinski definition) is 2. The van der Waals surface area contributed by atoms with E-state index >= 15 is 0 Å². The summed E-state index contributed by atoms with van der Waals surface area (Å²) in [6.07, 6.45) is 7.00. The third kappa shape index (κ3) is 3.09. The lowest BCUT2D eigenvalue weighted by molar-refractivity contribution is 0.240. The lowest BCUT2D eigenvalue weighted by Gasteiger charge is -2.23. The van der Waals surface area contributed by atoms with Crippen molar-refractivity contribution in [2.75, 3.05) is 13.1 Å². The minimum absolute atomic E-state index is 1.10. The molecule has 1 fully saturated rings. The molecule has 1 aliphatic heterocycles. The van der Waals surface area contributed by atoms with Gasteiger partial charge in [0.15, 0.2) is 0 Å². The Hall–Kier alpha value is -1.31. The molecule has 1 heterocycles. The van der Waals surface area contributed by atoms with Crippen molar-refractivity contribution in [3.05, 3.63) is 35.4 Å². The number of nitrogens with zero attached hydrogens (tertiary/aromatic N) is 2. The van der Waals surface area contributed by atoms with Crippen molar-refractivity contribution in [2.24, 2.45) is 5.10 Å². The van der Waals surface area contributed by atoms with Gasteiger partial charge in [-0.05, 0) is 36.8 Å². The smallest absolute Gasteiger partial charge is 0.0542 e. The maximum absolute atomic E-state index is 4.52. The number of aryl methyl sites for hydroxylation is 1. The van der Waals surface area contributed by atoms with Crippen LogP contribution in [-0.4, -0.2) is 24.3 Å². The highest BCUT2D eigenvalue weighted by atomic mass is 15.4. The Morgan fingerprint density at radius 3 is 2.44 bits per heavy atom. The predicted molar refractivity (Wildman–Crippen MR) is 68.8 cm³/mol. The molecule has 2 nitrogen and oxygen atoms in total. The topological polar surface area (TPSA) is 15.6 Å². The molecular formula is C14H20N2. The molecule has 0 radical (unpaired) electrons. The molecule has 0 unspecified atom stereocenters. The average molecular weight is 216 g/mol. The van der Waals surface area contributed by atoms with E-state index in [1.807, 2.05) is 6.21 Å². The van der Waals surface area contributed by atoms with Crippen molar-refractivity contribution in [2.45, 2.75) is 32.6 Å². The summed E-state index contributed by atoms with van der Waals surface area (Å²) >= 11 is 0. The molecule has 0 spiro atoms. The minimum atomic E-state index is 1.10. The van der Waals surface area contributed by atoms with Gasteiger partial charge in [0.2, 0.25) is 0 Å². The van der Waals surface area contributed by atoms with Gasteiger partial charge in [-0.15, -0.1) is 0 Å². The molecule has 86 valence electrons. The Bertz CT molecular complexity index is 334. The molecular weight excluding hydrogens is 196 g/mol. The van der Waals surface area contributed by atoms with E-state index in [1.165, 1.54) is 30.4 Å². The summed E-state index contributed by atoms with van der Waals surface area (Å²) in [6, 6.07) is 8.65. The summed E-state index contributed by atoms with van der Waals surface area (Å²) in [5.74, 6) is 0.